The lowest BCUT2D eigenvalue weighted by Gasteiger charge is -2.16. The first-order valence-corrected chi connectivity index (χ1v) is 6.71. The summed E-state index contributed by atoms with van der Waals surface area (Å²) < 4.78 is 10.00. The maximum Gasteiger partial charge on any atom is 0.335 e. The van der Waals surface area contributed by atoms with Gasteiger partial charge >= 0.3 is 5.97 Å². The molecule has 0 N–H and O–H groups in total. The lowest BCUT2D eigenvalue weighted by atomic mass is 9.92. The Kier molecular flexibility index (Phi) is 10.4. The van der Waals surface area contributed by atoms with E-state index in [0.717, 1.165) is 19.3 Å². The summed E-state index contributed by atoms with van der Waals surface area (Å²) in [5.41, 5.74) is 0.566. The zero-order valence-electron chi connectivity index (χ0n) is 11.7. The first-order chi connectivity index (χ1) is 8.67. The number of ether oxygens (including phenoxy) is 2. The minimum atomic E-state index is -0.345. The average Bonchev–Trinajstić information content (AvgIpc) is 2.39. The van der Waals surface area contributed by atoms with E-state index >= 15 is 0 Å². The van der Waals surface area contributed by atoms with Crippen LogP contribution in [0.3, 0.4) is 0 Å². The molecule has 0 aliphatic rings. The zero-order chi connectivity index (χ0) is 13.8. The smallest absolute Gasteiger partial charge is 0.335 e. The molecule has 0 spiro atoms. The number of carbonyl (C=O) groups excluding carboxylic acids is 1. The van der Waals surface area contributed by atoms with Crippen LogP contribution in [0.15, 0.2) is 24.8 Å². The molecular weight excluding hydrogens is 228 g/mol. The topological polar surface area (TPSA) is 35.5 Å². The van der Waals surface area contributed by atoms with Crippen molar-refractivity contribution in [2.75, 3.05) is 13.4 Å². The fraction of sp³-hybridized carbons (Fsp3) is 0.667. The van der Waals surface area contributed by atoms with Crippen molar-refractivity contribution in [3.05, 3.63) is 24.8 Å². The van der Waals surface area contributed by atoms with Gasteiger partial charge in [-0.2, -0.15) is 0 Å². The van der Waals surface area contributed by atoms with Crippen molar-refractivity contribution < 1.29 is 14.3 Å². The summed E-state index contributed by atoms with van der Waals surface area (Å²) in [7, 11) is 0. The SMILES string of the molecule is C=CCOCOC(=O)C(=C)C(CC)CCCCC. The van der Waals surface area contributed by atoms with E-state index in [4.69, 9.17) is 9.47 Å². The molecule has 1 atom stereocenters. The Morgan fingerprint density at radius 1 is 1.33 bits per heavy atom. The molecule has 0 heterocycles. The predicted molar refractivity (Wildman–Crippen MR) is 74.2 cm³/mol. The van der Waals surface area contributed by atoms with Gasteiger partial charge in [-0.15, -0.1) is 6.58 Å². The van der Waals surface area contributed by atoms with Crippen molar-refractivity contribution in [3.8, 4) is 0 Å². The van der Waals surface area contributed by atoms with E-state index in [1.54, 1.807) is 6.08 Å². The van der Waals surface area contributed by atoms with Crippen LogP contribution in [0.25, 0.3) is 0 Å². The molecule has 0 rings (SSSR count). The summed E-state index contributed by atoms with van der Waals surface area (Å²) in [5.74, 6) is -0.120. The molecule has 0 aromatic rings. The Hall–Kier alpha value is -1.09. The third-order valence-electron chi connectivity index (χ3n) is 2.91. The first kappa shape index (κ1) is 16.9. The molecule has 0 bridgehead atoms. The van der Waals surface area contributed by atoms with Crippen LogP contribution in [0.2, 0.25) is 0 Å². The number of unbranched alkanes of at least 4 members (excludes halogenated alkanes) is 2. The molecule has 0 amide bonds. The van der Waals surface area contributed by atoms with Crippen LogP contribution in [0, 0.1) is 5.92 Å². The number of hydrogen-bond donors (Lipinski definition) is 0. The van der Waals surface area contributed by atoms with Gasteiger partial charge in [0.05, 0.1) is 6.61 Å². The molecule has 3 nitrogen and oxygen atoms in total. The minimum Gasteiger partial charge on any atom is -0.435 e. The Bertz CT molecular complexity index is 258. The Morgan fingerprint density at radius 2 is 2.06 bits per heavy atom. The molecule has 0 aromatic heterocycles. The highest BCUT2D eigenvalue weighted by Gasteiger charge is 2.18. The van der Waals surface area contributed by atoms with E-state index in [-0.39, 0.29) is 18.7 Å². The summed E-state index contributed by atoms with van der Waals surface area (Å²) >= 11 is 0. The third-order valence-corrected chi connectivity index (χ3v) is 2.91. The van der Waals surface area contributed by atoms with E-state index in [2.05, 4.69) is 27.0 Å². The van der Waals surface area contributed by atoms with Crippen molar-refractivity contribution in [1.82, 2.24) is 0 Å². The van der Waals surface area contributed by atoms with Gasteiger partial charge in [0.15, 0.2) is 6.79 Å². The van der Waals surface area contributed by atoms with Crippen molar-refractivity contribution in [2.45, 2.75) is 46.0 Å². The summed E-state index contributed by atoms with van der Waals surface area (Å²) in [6.07, 6.45) is 7.05. The largest absolute Gasteiger partial charge is 0.435 e. The van der Waals surface area contributed by atoms with Gasteiger partial charge in [-0.3, -0.25) is 0 Å². The molecular formula is C15H26O3. The Morgan fingerprint density at radius 3 is 2.61 bits per heavy atom. The van der Waals surface area contributed by atoms with Gasteiger partial charge < -0.3 is 9.47 Å². The number of esters is 1. The van der Waals surface area contributed by atoms with Gasteiger partial charge in [0.2, 0.25) is 0 Å². The second-order valence-electron chi connectivity index (χ2n) is 4.34. The van der Waals surface area contributed by atoms with Crippen molar-refractivity contribution in [1.29, 1.82) is 0 Å². The van der Waals surface area contributed by atoms with Crippen LogP contribution in [-0.2, 0) is 14.3 Å². The maximum atomic E-state index is 11.7. The average molecular weight is 254 g/mol. The van der Waals surface area contributed by atoms with E-state index in [1.807, 2.05) is 0 Å². The highest BCUT2D eigenvalue weighted by Crippen LogP contribution is 2.21. The molecule has 104 valence electrons. The van der Waals surface area contributed by atoms with Crippen LogP contribution >= 0.6 is 0 Å². The monoisotopic (exact) mass is 254 g/mol. The second kappa shape index (κ2) is 11.0. The highest BCUT2D eigenvalue weighted by molar-refractivity contribution is 5.88. The summed E-state index contributed by atoms with van der Waals surface area (Å²) in [6, 6.07) is 0. The fourth-order valence-electron chi connectivity index (χ4n) is 1.75. The second-order valence-corrected chi connectivity index (χ2v) is 4.34. The molecule has 0 aromatic carbocycles. The van der Waals surface area contributed by atoms with Crippen LogP contribution in [-0.4, -0.2) is 19.4 Å². The van der Waals surface area contributed by atoms with E-state index < -0.39 is 0 Å². The number of hydrogen-bond acceptors (Lipinski definition) is 3. The van der Waals surface area contributed by atoms with Crippen LogP contribution < -0.4 is 0 Å². The molecule has 0 saturated carbocycles. The summed E-state index contributed by atoms with van der Waals surface area (Å²) in [5, 5.41) is 0. The molecule has 0 radical (unpaired) electrons. The quantitative estimate of drug-likeness (QED) is 0.185. The van der Waals surface area contributed by atoms with Gasteiger partial charge in [-0.25, -0.2) is 4.79 Å². The molecule has 0 aliphatic carbocycles. The van der Waals surface area contributed by atoms with E-state index in [9.17, 15) is 4.79 Å². The normalized spacial score (nSPS) is 11.9. The molecule has 0 fully saturated rings. The Balaban J connectivity index is 3.98. The van der Waals surface area contributed by atoms with Crippen molar-refractivity contribution in [3.63, 3.8) is 0 Å². The molecule has 0 saturated heterocycles. The lowest BCUT2D eigenvalue weighted by Crippen LogP contribution is -2.16. The molecule has 0 aliphatic heterocycles. The van der Waals surface area contributed by atoms with Crippen molar-refractivity contribution in [2.24, 2.45) is 5.92 Å². The summed E-state index contributed by atoms with van der Waals surface area (Å²) in [4.78, 5) is 11.7. The van der Waals surface area contributed by atoms with E-state index in [0.29, 0.717) is 12.2 Å². The van der Waals surface area contributed by atoms with Gasteiger partial charge in [-0.1, -0.05) is 45.8 Å². The van der Waals surface area contributed by atoms with Gasteiger partial charge in [0.1, 0.15) is 0 Å². The van der Waals surface area contributed by atoms with Gasteiger partial charge in [0.25, 0.3) is 0 Å². The Labute approximate surface area is 111 Å². The first-order valence-electron chi connectivity index (χ1n) is 6.71. The number of rotatable bonds is 11. The van der Waals surface area contributed by atoms with Crippen LogP contribution in [0.1, 0.15) is 46.0 Å². The van der Waals surface area contributed by atoms with Gasteiger partial charge in [0, 0.05) is 5.57 Å². The standard InChI is InChI=1S/C15H26O3/c1-5-8-9-10-14(7-3)13(4)15(16)18-12-17-11-6-2/h6,14H,2,4-5,7-12H2,1,3H3. The fourth-order valence-corrected chi connectivity index (χ4v) is 1.75. The molecule has 3 heteroatoms. The third kappa shape index (κ3) is 7.28. The molecule has 18 heavy (non-hydrogen) atoms. The maximum absolute atomic E-state index is 11.7. The summed E-state index contributed by atoms with van der Waals surface area (Å²) in [6.45, 7) is 12.0. The molecule has 1 unspecified atom stereocenters. The lowest BCUT2D eigenvalue weighted by molar-refractivity contribution is -0.151. The van der Waals surface area contributed by atoms with Crippen LogP contribution in [0.5, 0.6) is 0 Å². The minimum absolute atomic E-state index is 0.0325. The van der Waals surface area contributed by atoms with Crippen molar-refractivity contribution >= 4 is 5.97 Å². The highest BCUT2D eigenvalue weighted by atomic mass is 16.7. The van der Waals surface area contributed by atoms with Crippen LogP contribution in [0.4, 0.5) is 0 Å². The van der Waals surface area contributed by atoms with E-state index in [1.165, 1.54) is 12.8 Å². The van der Waals surface area contributed by atoms with Gasteiger partial charge in [-0.05, 0) is 18.8 Å². The predicted octanol–water partition coefficient (Wildman–Crippen LogP) is 3.85. The number of carbonyl (C=O) groups is 1. The zero-order valence-corrected chi connectivity index (χ0v) is 11.7.